The number of nitrogens with zero attached hydrogens (tertiary/aromatic N) is 1. The van der Waals surface area contributed by atoms with Crippen molar-refractivity contribution in [1.29, 1.82) is 0 Å². The third-order valence-electron chi connectivity index (χ3n) is 4.38. The Bertz CT molecular complexity index is 1030. The molecule has 0 aliphatic heterocycles. The summed E-state index contributed by atoms with van der Waals surface area (Å²) in [6.07, 6.45) is 0.207. The fraction of sp³-hybridized carbons (Fsp3) is 0.250. The van der Waals surface area contributed by atoms with Crippen molar-refractivity contribution in [2.45, 2.75) is 32.6 Å². The minimum absolute atomic E-state index is 0.0378. The summed E-state index contributed by atoms with van der Waals surface area (Å²) in [6.45, 7) is 3.94. The maximum absolute atomic E-state index is 12.7. The lowest BCUT2D eigenvalue weighted by molar-refractivity contribution is -0.0435. The summed E-state index contributed by atoms with van der Waals surface area (Å²) in [4.78, 5) is 12.7. The molecule has 26 heavy (non-hydrogen) atoms. The van der Waals surface area contributed by atoms with Crippen molar-refractivity contribution in [2.24, 2.45) is 0 Å². The highest BCUT2D eigenvalue weighted by atomic mass is 35.5. The average molecular weight is 392 g/mol. The maximum Gasteiger partial charge on any atom is 0.197 e. The van der Waals surface area contributed by atoms with Gasteiger partial charge in [-0.05, 0) is 49.6 Å². The highest BCUT2D eigenvalue weighted by Gasteiger charge is 2.16. The Hall–Kier alpha value is -1.85. The highest BCUT2D eigenvalue weighted by molar-refractivity contribution is 6.42. The Kier molecular flexibility index (Phi) is 5.39. The second-order valence-corrected chi connectivity index (χ2v) is 7.31. The molecule has 0 unspecified atom stereocenters. The average Bonchev–Trinajstić information content (AvgIpc) is 2.59. The Morgan fingerprint density at radius 3 is 2.50 bits per heavy atom. The molecule has 3 rings (SSSR count). The minimum atomic E-state index is -1.82. The molecular weight excluding hydrogens is 373 g/mol. The molecule has 0 bridgehead atoms. The second-order valence-electron chi connectivity index (χ2n) is 6.53. The first-order chi connectivity index (χ1) is 12.3. The molecular formula is C20H19Cl2NO3. The molecule has 0 atom stereocenters. The van der Waals surface area contributed by atoms with Gasteiger partial charge in [-0.2, -0.15) is 0 Å². The van der Waals surface area contributed by atoms with E-state index in [1.807, 2.05) is 42.7 Å². The lowest BCUT2D eigenvalue weighted by Gasteiger charge is -2.18. The quantitative estimate of drug-likeness (QED) is 0.645. The molecule has 3 aromatic rings. The van der Waals surface area contributed by atoms with Gasteiger partial charge in [0.15, 0.2) is 11.7 Å². The molecule has 2 N–H and O–H groups in total. The summed E-state index contributed by atoms with van der Waals surface area (Å²) in [5.74, 6) is 0. The van der Waals surface area contributed by atoms with Gasteiger partial charge in [-0.3, -0.25) is 4.79 Å². The van der Waals surface area contributed by atoms with E-state index in [0.29, 0.717) is 21.9 Å². The molecule has 0 aliphatic rings. The summed E-state index contributed by atoms with van der Waals surface area (Å²) < 4.78 is 1.86. The molecule has 6 heteroatoms. The predicted octanol–water partition coefficient (Wildman–Crippen LogP) is 4.46. The number of aliphatic hydroxyl groups is 2. The van der Waals surface area contributed by atoms with E-state index in [4.69, 9.17) is 23.2 Å². The van der Waals surface area contributed by atoms with Crippen LogP contribution in [-0.4, -0.2) is 14.8 Å². The molecule has 136 valence electrons. The van der Waals surface area contributed by atoms with E-state index >= 15 is 0 Å². The van der Waals surface area contributed by atoms with Gasteiger partial charge in [0, 0.05) is 17.6 Å². The van der Waals surface area contributed by atoms with Gasteiger partial charge in [0.1, 0.15) is 0 Å². The molecule has 2 aromatic carbocycles. The van der Waals surface area contributed by atoms with E-state index in [9.17, 15) is 15.0 Å². The number of aromatic nitrogens is 1. The fourth-order valence-electron chi connectivity index (χ4n) is 3.05. The van der Waals surface area contributed by atoms with Crippen LogP contribution in [0.2, 0.25) is 10.0 Å². The van der Waals surface area contributed by atoms with E-state index < -0.39 is 6.29 Å². The van der Waals surface area contributed by atoms with Crippen LogP contribution >= 0.6 is 23.2 Å². The summed E-state index contributed by atoms with van der Waals surface area (Å²) in [6, 6.07) is 11.1. The summed E-state index contributed by atoms with van der Waals surface area (Å²) in [5, 5.41) is 20.5. The van der Waals surface area contributed by atoms with E-state index in [0.717, 1.165) is 16.6 Å². The molecule has 4 nitrogen and oxygen atoms in total. The Morgan fingerprint density at radius 2 is 1.85 bits per heavy atom. The van der Waals surface area contributed by atoms with Gasteiger partial charge < -0.3 is 14.8 Å². The van der Waals surface area contributed by atoms with Gasteiger partial charge >= 0.3 is 0 Å². The zero-order valence-corrected chi connectivity index (χ0v) is 15.9. The van der Waals surface area contributed by atoms with Crippen molar-refractivity contribution in [2.75, 3.05) is 0 Å². The van der Waals surface area contributed by atoms with Crippen LogP contribution < -0.4 is 5.43 Å². The van der Waals surface area contributed by atoms with Gasteiger partial charge in [0.25, 0.3) is 0 Å². The van der Waals surface area contributed by atoms with Crippen molar-refractivity contribution in [1.82, 2.24) is 4.57 Å². The molecule has 1 heterocycles. The fourth-order valence-corrected chi connectivity index (χ4v) is 3.44. The second kappa shape index (κ2) is 7.41. The standard InChI is InChI=1S/C20H19Cl2NO3/c1-11(2)23-10-15(20(25)26)19(24)14-9-12(6-7-17(14)23)8-13-4-3-5-16(21)18(13)22/h3-7,9-11,20,25-26H,8H2,1-2H3. The van der Waals surface area contributed by atoms with Crippen LogP contribution in [0, 0.1) is 0 Å². The number of hydrogen-bond acceptors (Lipinski definition) is 3. The summed E-state index contributed by atoms with van der Waals surface area (Å²) in [7, 11) is 0. The normalized spacial score (nSPS) is 11.7. The molecule has 0 saturated heterocycles. The summed E-state index contributed by atoms with van der Waals surface area (Å²) >= 11 is 12.3. The molecule has 0 spiro atoms. The predicted molar refractivity (Wildman–Crippen MR) is 105 cm³/mol. The van der Waals surface area contributed by atoms with Crippen LogP contribution in [0.4, 0.5) is 0 Å². The highest BCUT2D eigenvalue weighted by Crippen LogP contribution is 2.28. The van der Waals surface area contributed by atoms with Gasteiger partial charge in [0.05, 0.1) is 21.1 Å². The Morgan fingerprint density at radius 1 is 1.12 bits per heavy atom. The Labute approximate surface area is 161 Å². The maximum atomic E-state index is 12.7. The van der Waals surface area contributed by atoms with Gasteiger partial charge in [0.2, 0.25) is 0 Å². The zero-order chi connectivity index (χ0) is 19.0. The number of aliphatic hydroxyl groups excluding tert-OH is 1. The van der Waals surface area contributed by atoms with Gasteiger partial charge in [-0.25, -0.2) is 0 Å². The Balaban J connectivity index is 2.17. The van der Waals surface area contributed by atoms with E-state index in [1.54, 1.807) is 12.1 Å². The van der Waals surface area contributed by atoms with Crippen molar-refractivity contribution in [3.8, 4) is 0 Å². The van der Waals surface area contributed by atoms with Crippen molar-refractivity contribution in [3.05, 3.63) is 79.6 Å². The van der Waals surface area contributed by atoms with Gasteiger partial charge in [-0.1, -0.05) is 41.4 Å². The number of pyridine rings is 1. The van der Waals surface area contributed by atoms with Gasteiger partial charge in [-0.15, -0.1) is 0 Å². The lowest BCUT2D eigenvalue weighted by Crippen LogP contribution is -2.19. The number of rotatable bonds is 4. The molecule has 0 radical (unpaired) electrons. The molecule has 0 aliphatic carbocycles. The minimum Gasteiger partial charge on any atom is -0.364 e. The largest absolute Gasteiger partial charge is 0.364 e. The first-order valence-corrected chi connectivity index (χ1v) is 9.02. The topological polar surface area (TPSA) is 62.5 Å². The van der Waals surface area contributed by atoms with Crippen LogP contribution in [-0.2, 0) is 6.42 Å². The van der Waals surface area contributed by atoms with Crippen molar-refractivity contribution < 1.29 is 10.2 Å². The number of halogens is 2. The molecule has 1 aromatic heterocycles. The molecule has 0 saturated carbocycles. The zero-order valence-electron chi connectivity index (χ0n) is 14.4. The number of benzene rings is 2. The van der Waals surface area contributed by atoms with Crippen LogP contribution in [0.3, 0.4) is 0 Å². The van der Waals surface area contributed by atoms with E-state index in [-0.39, 0.29) is 17.0 Å². The van der Waals surface area contributed by atoms with Crippen LogP contribution in [0.5, 0.6) is 0 Å². The monoisotopic (exact) mass is 391 g/mol. The number of fused-ring (bicyclic) bond motifs is 1. The van der Waals surface area contributed by atoms with Crippen LogP contribution in [0.15, 0.2) is 47.4 Å². The van der Waals surface area contributed by atoms with Crippen molar-refractivity contribution in [3.63, 3.8) is 0 Å². The summed E-state index contributed by atoms with van der Waals surface area (Å²) in [5.41, 5.74) is 2.07. The first-order valence-electron chi connectivity index (χ1n) is 8.26. The SMILES string of the molecule is CC(C)n1cc(C(O)O)c(=O)c2cc(Cc3cccc(Cl)c3Cl)ccc21. The lowest BCUT2D eigenvalue weighted by atomic mass is 10.0. The molecule has 0 amide bonds. The van der Waals surface area contributed by atoms with Crippen LogP contribution in [0.25, 0.3) is 10.9 Å². The third kappa shape index (κ3) is 3.51. The van der Waals surface area contributed by atoms with Crippen LogP contribution in [0.1, 0.15) is 42.9 Å². The van der Waals surface area contributed by atoms with Crippen molar-refractivity contribution >= 4 is 34.1 Å². The smallest absolute Gasteiger partial charge is 0.197 e. The van der Waals surface area contributed by atoms with E-state index in [2.05, 4.69) is 0 Å². The molecule has 0 fully saturated rings. The number of hydrogen-bond donors (Lipinski definition) is 2. The third-order valence-corrected chi connectivity index (χ3v) is 5.24. The van der Waals surface area contributed by atoms with E-state index in [1.165, 1.54) is 6.20 Å². The first kappa shape index (κ1) is 18.9.